The van der Waals surface area contributed by atoms with Gasteiger partial charge < -0.3 is 9.47 Å². The average molecular weight is 563 g/mol. The molecule has 0 N–H and O–H groups in total. The highest BCUT2D eigenvalue weighted by Crippen LogP contribution is 2.69. The molecule has 31 heavy (non-hydrogen) atoms. The van der Waals surface area contributed by atoms with E-state index in [0.717, 1.165) is 8.47 Å². The largest absolute Gasteiger partial charge is 0.465 e. The summed E-state index contributed by atoms with van der Waals surface area (Å²) < 4.78 is 16.9. The smallest absolute Gasteiger partial charge is 0.346 e. The molecule has 1 aliphatic carbocycles. The van der Waals surface area contributed by atoms with Gasteiger partial charge in [0.05, 0.1) is 35.4 Å². The lowest BCUT2D eigenvalue weighted by Crippen LogP contribution is -2.08. The molecule has 0 radical (unpaired) electrons. The van der Waals surface area contributed by atoms with Crippen LogP contribution in [0.4, 0.5) is 0 Å². The van der Waals surface area contributed by atoms with Gasteiger partial charge in [0.1, 0.15) is 9.81 Å². The van der Waals surface area contributed by atoms with E-state index >= 15 is 0 Å². The molecule has 0 saturated heterocycles. The number of carbonyl (C=O) groups is 2. The molecule has 4 nitrogen and oxygen atoms in total. The molecular formula is C19H14O4S8. The minimum atomic E-state index is -0.507. The summed E-state index contributed by atoms with van der Waals surface area (Å²) in [6.07, 6.45) is 8.26. The van der Waals surface area contributed by atoms with Gasteiger partial charge in [0.2, 0.25) is 0 Å². The minimum absolute atomic E-state index is 0.301. The van der Waals surface area contributed by atoms with Crippen molar-refractivity contribution in [2.24, 2.45) is 0 Å². The molecule has 4 heterocycles. The quantitative estimate of drug-likeness (QED) is 0.315. The normalized spacial score (nSPS) is 22.6. The van der Waals surface area contributed by atoms with Crippen LogP contribution in [0.3, 0.4) is 0 Å². The number of ether oxygens (including phenoxy) is 2. The predicted octanol–water partition coefficient (Wildman–Crippen LogP) is 7.80. The van der Waals surface area contributed by atoms with E-state index in [1.807, 2.05) is 23.5 Å². The van der Waals surface area contributed by atoms with Crippen molar-refractivity contribution in [3.05, 3.63) is 57.2 Å². The third kappa shape index (κ3) is 4.73. The van der Waals surface area contributed by atoms with Crippen LogP contribution in [0.1, 0.15) is 19.3 Å². The molecule has 0 aromatic heterocycles. The number of allylic oxidation sites excluding steroid dienone is 4. The van der Waals surface area contributed by atoms with Crippen LogP contribution in [0.2, 0.25) is 0 Å². The Kier molecular flexibility index (Phi) is 7.26. The molecule has 4 aliphatic heterocycles. The Morgan fingerprint density at radius 3 is 1.55 bits per heavy atom. The van der Waals surface area contributed by atoms with E-state index in [9.17, 15) is 9.59 Å². The first-order valence-electron chi connectivity index (χ1n) is 9.02. The molecule has 162 valence electrons. The van der Waals surface area contributed by atoms with E-state index < -0.39 is 11.9 Å². The Bertz CT molecular complexity index is 1010. The first-order chi connectivity index (χ1) is 15.1. The van der Waals surface area contributed by atoms with Crippen molar-refractivity contribution in [3.63, 3.8) is 0 Å². The standard InChI is InChI=1S/C19H14O4S8/c1-22-14(20)12-13(15(21)23-2)29-18(28-12)19-30-16-17(31-19)27-11(26-16)7-6-10-24-8-4-3-5-9(8)25-10/h6-7H,3-5H2,1-2H3. The zero-order chi connectivity index (χ0) is 21.5. The molecule has 0 amide bonds. The summed E-state index contributed by atoms with van der Waals surface area (Å²) in [5, 5.41) is 0. The summed E-state index contributed by atoms with van der Waals surface area (Å²) in [6.45, 7) is 0. The van der Waals surface area contributed by atoms with Gasteiger partial charge in [-0.3, -0.25) is 0 Å². The highest BCUT2D eigenvalue weighted by Gasteiger charge is 2.38. The zero-order valence-electron chi connectivity index (χ0n) is 16.2. The number of hydrogen-bond acceptors (Lipinski definition) is 12. The molecule has 5 rings (SSSR count). The second-order valence-electron chi connectivity index (χ2n) is 6.28. The molecule has 0 aromatic carbocycles. The first kappa shape index (κ1) is 22.9. The molecule has 0 fully saturated rings. The first-order valence-corrected chi connectivity index (χ1v) is 15.5. The van der Waals surface area contributed by atoms with E-state index in [1.54, 1.807) is 56.9 Å². The fourth-order valence-corrected chi connectivity index (χ4v) is 14.6. The van der Waals surface area contributed by atoms with Gasteiger partial charge in [0.15, 0.2) is 0 Å². The van der Waals surface area contributed by atoms with Crippen LogP contribution >= 0.6 is 94.1 Å². The van der Waals surface area contributed by atoms with E-state index in [4.69, 9.17) is 9.47 Å². The van der Waals surface area contributed by atoms with E-state index in [1.165, 1.54) is 74.0 Å². The second-order valence-corrected chi connectivity index (χ2v) is 16.3. The van der Waals surface area contributed by atoms with Crippen molar-refractivity contribution in [1.82, 2.24) is 0 Å². The van der Waals surface area contributed by atoms with Crippen molar-refractivity contribution in [2.75, 3.05) is 14.2 Å². The molecule has 12 heteroatoms. The Hall–Kier alpha value is 0.180. The Balaban J connectivity index is 1.23. The molecule has 0 aromatic rings. The topological polar surface area (TPSA) is 52.6 Å². The lowest BCUT2D eigenvalue weighted by Gasteiger charge is -2.05. The Morgan fingerprint density at radius 2 is 1.06 bits per heavy atom. The van der Waals surface area contributed by atoms with Crippen LogP contribution in [0.15, 0.2) is 57.2 Å². The molecule has 0 saturated carbocycles. The minimum Gasteiger partial charge on any atom is -0.465 e. The highest BCUT2D eigenvalue weighted by molar-refractivity contribution is 8.49. The van der Waals surface area contributed by atoms with Crippen molar-refractivity contribution >= 4 is 106 Å². The summed E-state index contributed by atoms with van der Waals surface area (Å²) in [5.41, 5.74) is 0. The molecule has 0 unspecified atom stereocenters. The maximum absolute atomic E-state index is 12.1. The van der Waals surface area contributed by atoms with Gasteiger partial charge in [-0.2, -0.15) is 0 Å². The summed E-state index contributed by atoms with van der Waals surface area (Å²) >= 11 is 13.5. The summed E-state index contributed by atoms with van der Waals surface area (Å²) in [5.74, 6) is -1.01. The molecular weight excluding hydrogens is 549 g/mol. The van der Waals surface area contributed by atoms with Crippen molar-refractivity contribution < 1.29 is 19.1 Å². The van der Waals surface area contributed by atoms with Crippen LogP contribution in [0.5, 0.6) is 0 Å². The van der Waals surface area contributed by atoms with E-state index in [-0.39, 0.29) is 0 Å². The number of hydrogen-bond donors (Lipinski definition) is 0. The highest BCUT2D eigenvalue weighted by atomic mass is 32.3. The summed E-state index contributed by atoms with van der Waals surface area (Å²) in [4.78, 5) is 27.9. The summed E-state index contributed by atoms with van der Waals surface area (Å²) in [7, 11) is 2.64. The predicted molar refractivity (Wildman–Crippen MR) is 143 cm³/mol. The van der Waals surface area contributed by atoms with Gasteiger partial charge in [0.25, 0.3) is 0 Å². The monoisotopic (exact) mass is 562 g/mol. The third-order valence-corrected chi connectivity index (χ3v) is 15.7. The third-order valence-electron chi connectivity index (χ3n) is 4.35. The van der Waals surface area contributed by atoms with Gasteiger partial charge >= 0.3 is 11.9 Å². The van der Waals surface area contributed by atoms with Gasteiger partial charge in [-0.25, -0.2) is 9.59 Å². The number of rotatable bonds is 3. The number of methoxy groups -OCH3 is 2. The Labute approximate surface area is 214 Å². The van der Waals surface area contributed by atoms with E-state index in [0.29, 0.717) is 9.81 Å². The van der Waals surface area contributed by atoms with E-state index in [2.05, 4.69) is 12.2 Å². The van der Waals surface area contributed by atoms with Gasteiger partial charge in [-0.1, -0.05) is 94.1 Å². The number of esters is 2. The van der Waals surface area contributed by atoms with Crippen molar-refractivity contribution in [1.29, 1.82) is 0 Å². The van der Waals surface area contributed by atoms with Crippen molar-refractivity contribution in [3.8, 4) is 0 Å². The molecule has 0 atom stereocenters. The lowest BCUT2D eigenvalue weighted by atomic mass is 10.4. The summed E-state index contributed by atoms with van der Waals surface area (Å²) in [6, 6.07) is 0. The van der Waals surface area contributed by atoms with Gasteiger partial charge in [-0.15, -0.1) is 0 Å². The maximum atomic E-state index is 12.1. The maximum Gasteiger partial charge on any atom is 0.346 e. The number of thioether (sulfide) groups is 8. The van der Waals surface area contributed by atoms with Crippen LogP contribution < -0.4 is 0 Å². The average Bonchev–Trinajstić information content (AvgIpc) is 3.55. The van der Waals surface area contributed by atoms with Crippen LogP contribution in [-0.2, 0) is 19.1 Å². The fourth-order valence-electron chi connectivity index (χ4n) is 2.96. The molecule has 0 bridgehead atoms. The second kappa shape index (κ2) is 9.81. The van der Waals surface area contributed by atoms with Crippen LogP contribution in [0, 0.1) is 0 Å². The zero-order valence-corrected chi connectivity index (χ0v) is 22.7. The van der Waals surface area contributed by atoms with Gasteiger partial charge in [0, 0.05) is 14.0 Å². The fraction of sp³-hybridized carbons (Fsp3) is 0.263. The SMILES string of the molecule is COC(=O)C1=C(C(=O)OC)SC(=C2SC3=C(SC(=CC=C4SC5=C(CCC5)S4)S3)S2)S1. The van der Waals surface area contributed by atoms with Crippen LogP contribution in [0.25, 0.3) is 0 Å². The molecule has 0 spiro atoms. The molecule has 5 aliphatic rings. The van der Waals surface area contributed by atoms with Gasteiger partial charge in [-0.05, 0) is 31.4 Å². The number of carbonyl (C=O) groups excluding carboxylic acids is 2. The lowest BCUT2D eigenvalue weighted by molar-refractivity contribution is -0.138. The Morgan fingerprint density at radius 1 is 0.645 bits per heavy atom. The van der Waals surface area contributed by atoms with Crippen LogP contribution in [-0.4, -0.2) is 26.2 Å². The van der Waals surface area contributed by atoms with Crippen molar-refractivity contribution in [2.45, 2.75) is 19.3 Å².